The van der Waals surface area contributed by atoms with Gasteiger partial charge in [-0.15, -0.1) is 10.2 Å². The van der Waals surface area contributed by atoms with Crippen molar-refractivity contribution in [2.45, 2.75) is 31.5 Å². The van der Waals surface area contributed by atoms with Gasteiger partial charge in [-0.1, -0.05) is 18.7 Å². The minimum absolute atomic E-state index is 0.125. The minimum Gasteiger partial charge on any atom is -0.481 e. The molecule has 0 aliphatic heterocycles. The van der Waals surface area contributed by atoms with Crippen LogP contribution >= 0.6 is 11.8 Å². The minimum atomic E-state index is -0.940. The number of aliphatic carboxylic acids is 1. The Morgan fingerprint density at radius 2 is 2.19 bits per heavy atom. The molecule has 0 spiro atoms. The lowest BCUT2D eigenvalue weighted by molar-refractivity contribution is -0.133. The predicted octanol–water partition coefficient (Wildman–Crippen LogP) is 0.341. The lowest BCUT2D eigenvalue weighted by Crippen LogP contribution is -2.34. The third-order valence-electron chi connectivity index (χ3n) is 2.75. The molecule has 1 amide bonds. The van der Waals surface area contributed by atoms with E-state index >= 15 is 0 Å². The van der Waals surface area contributed by atoms with Crippen LogP contribution < -0.4 is 5.32 Å². The molecular formula is C12H20N4O4S. The van der Waals surface area contributed by atoms with Crippen molar-refractivity contribution < 1.29 is 19.4 Å². The summed E-state index contributed by atoms with van der Waals surface area (Å²) in [5, 5.41) is 19.9. The highest BCUT2D eigenvalue weighted by Gasteiger charge is 2.22. The number of carbonyl (C=O) groups excluding carboxylic acids is 1. The number of nitrogens with one attached hydrogen (secondary N) is 1. The molecule has 8 nitrogen and oxygen atoms in total. The number of nitrogens with zero attached hydrogens (tertiary/aromatic N) is 3. The molecule has 21 heavy (non-hydrogen) atoms. The van der Waals surface area contributed by atoms with Crippen molar-refractivity contribution in [3.05, 3.63) is 5.82 Å². The van der Waals surface area contributed by atoms with Crippen LogP contribution in [0.3, 0.4) is 0 Å². The molecule has 1 unspecified atom stereocenters. The number of amides is 1. The van der Waals surface area contributed by atoms with Gasteiger partial charge >= 0.3 is 5.97 Å². The third kappa shape index (κ3) is 5.01. The van der Waals surface area contributed by atoms with E-state index < -0.39 is 12.0 Å². The highest BCUT2D eigenvalue weighted by molar-refractivity contribution is 7.99. The van der Waals surface area contributed by atoms with E-state index in [9.17, 15) is 9.59 Å². The second-order valence-corrected chi connectivity index (χ2v) is 5.21. The number of aryl methyl sites for hydroxylation is 1. The molecule has 1 atom stereocenters. The standard InChI is InChI=1S/C12H20N4O4S/c1-4-9-14-15-12(21-7-10(17)18)16(9)8(2)11(19)13-5-6-20-3/h8H,4-7H2,1-3H3,(H,13,19)(H,17,18). The van der Waals surface area contributed by atoms with Crippen LogP contribution in [0.1, 0.15) is 25.7 Å². The molecule has 0 aliphatic carbocycles. The molecule has 0 aromatic carbocycles. The summed E-state index contributed by atoms with van der Waals surface area (Å²) in [6, 6.07) is -0.511. The molecule has 0 bridgehead atoms. The summed E-state index contributed by atoms with van der Waals surface area (Å²) in [7, 11) is 1.56. The summed E-state index contributed by atoms with van der Waals surface area (Å²) in [4.78, 5) is 22.8. The van der Waals surface area contributed by atoms with Crippen LogP contribution in [0.25, 0.3) is 0 Å². The van der Waals surface area contributed by atoms with Gasteiger partial charge in [0.25, 0.3) is 0 Å². The quantitative estimate of drug-likeness (QED) is 0.500. The van der Waals surface area contributed by atoms with Crippen molar-refractivity contribution >= 4 is 23.6 Å². The second-order valence-electron chi connectivity index (χ2n) is 4.26. The Morgan fingerprint density at radius 1 is 1.48 bits per heavy atom. The molecule has 0 radical (unpaired) electrons. The van der Waals surface area contributed by atoms with Crippen molar-refractivity contribution in [1.29, 1.82) is 0 Å². The van der Waals surface area contributed by atoms with Crippen LogP contribution in [0.4, 0.5) is 0 Å². The van der Waals surface area contributed by atoms with Gasteiger partial charge in [0.2, 0.25) is 5.91 Å². The number of hydrogen-bond acceptors (Lipinski definition) is 6. The highest BCUT2D eigenvalue weighted by atomic mass is 32.2. The smallest absolute Gasteiger partial charge is 0.313 e. The van der Waals surface area contributed by atoms with Gasteiger partial charge < -0.3 is 15.2 Å². The first-order valence-electron chi connectivity index (χ1n) is 6.56. The van der Waals surface area contributed by atoms with Gasteiger partial charge in [0, 0.05) is 20.1 Å². The fraction of sp³-hybridized carbons (Fsp3) is 0.667. The zero-order valence-electron chi connectivity index (χ0n) is 12.3. The van der Waals surface area contributed by atoms with E-state index in [2.05, 4.69) is 15.5 Å². The maximum Gasteiger partial charge on any atom is 0.313 e. The van der Waals surface area contributed by atoms with Gasteiger partial charge in [0.15, 0.2) is 5.16 Å². The van der Waals surface area contributed by atoms with Crippen molar-refractivity contribution in [1.82, 2.24) is 20.1 Å². The normalized spacial score (nSPS) is 12.1. The monoisotopic (exact) mass is 316 g/mol. The van der Waals surface area contributed by atoms with Crippen molar-refractivity contribution in [2.75, 3.05) is 26.0 Å². The largest absolute Gasteiger partial charge is 0.481 e. The Balaban J connectivity index is 2.84. The molecule has 118 valence electrons. The van der Waals surface area contributed by atoms with E-state index in [1.165, 1.54) is 0 Å². The molecule has 0 fully saturated rings. The van der Waals surface area contributed by atoms with E-state index in [0.717, 1.165) is 11.8 Å². The van der Waals surface area contributed by atoms with E-state index in [-0.39, 0.29) is 11.7 Å². The zero-order valence-corrected chi connectivity index (χ0v) is 13.1. The Hall–Kier alpha value is -1.61. The van der Waals surface area contributed by atoms with Crippen LogP contribution in [0.15, 0.2) is 5.16 Å². The molecule has 9 heteroatoms. The molecule has 0 saturated heterocycles. The van der Waals surface area contributed by atoms with Crippen LogP contribution in [0.2, 0.25) is 0 Å². The average Bonchev–Trinajstić information content (AvgIpc) is 2.87. The molecule has 2 N–H and O–H groups in total. The van der Waals surface area contributed by atoms with Gasteiger partial charge in [-0.25, -0.2) is 0 Å². The first kappa shape index (κ1) is 17.4. The van der Waals surface area contributed by atoms with Gasteiger partial charge in [0.1, 0.15) is 11.9 Å². The Labute approximate surface area is 127 Å². The van der Waals surface area contributed by atoms with E-state index in [1.807, 2.05) is 6.92 Å². The van der Waals surface area contributed by atoms with Crippen molar-refractivity contribution in [3.8, 4) is 0 Å². The summed E-state index contributed by atoms with van der Waals surface area (Å²) >= 11 is 1.05. The summed E-state index contributed by atoms with van der Waals surface area (Å²) in [6.07, 6.45) is 0.607. The maximum absolute atomic E-state index is 12.1. The molecule has 1 rings (SSSR count). The van der Waals surface area contributed by atoms with Crippen LogP contribution in [0.5, 0.6) is 0 Å². The van der Waals surface area contributed by atoms with Crippen LogP contribution in [-0.4, -0.2) is 57.8 Å². The molecule has 1 aromatic rings. The van der Waals surface area contributed by atoms with Crippen molar-refractivity contribution in [3.63, 3.8) is 0 Å². The summed E-state index contributed by atoms with van der Waals surface area (Å²) < 4.78 is 6.56. The third-order valence-corrected chi connectivity index (χ3v) is 3.68. The Kier molecular flexibility index (Phi) is 7.17. The van der Waals surface area contributed by atoms with Gasteiger partial charge in [-0.2, -0.15) is 0 Å². The number of carboxylic acid groups (broad SMARTS) is 1. The maximum atomic E-state index is 12.1. The van der Waals surface area contributed by atoms with Crippen LogP contribution in [-0.2, 0) is 20.7 Å². The van der Waals surface area contributed by atoms with Crippen LogP contribution in [0, 0.1) is 0 Å². The SMILES string of the molecule is CCc1nnc(SCC(=O)O)n1C(C)C(=O)NCCOC. The Bertz CT molecular complexity index is 492. The second kappa shape index (κ2) is 8.63. The number of rotatable bonds is 9. The molecule has 1 heterocycles. The van der Waals surface area contributed by atoms with Crippen molar-refractivity contribution in [2.24, 2.45) is 0 Å². The topological polar surface area (TPSA) is 106 Å². The number of aromatic nitrogens is 3. The number of thioether (sulfide) groups is 1. The van der Waals surface area contributed by atoms with Gasteiger partial charge in [0.05, 0.1) is 12.4 Å². The lowest BCUT2D eigenvalue weighted by Gasteiger charge is -2.17. The van der Waals surface area contributed by atoms with E-state index in [0.29, 0.717) is 30.6 Å². The molecule has 0 aliphatic rings. The summed E-state index contributed by atoms with van der Waals surface area (Å²) in [5.41, 5.74) is 0. The number of methoxy groups -OCH3 is 1. The number of ether oxygens (including phenoxy) is 1. The molecule has 0 saturated carbocycles. The van der Waals surface area contributed by atoms with Gasteiger partial charge in [-0.05, 0) is 6.92 Å². The number of carbonyl (C=O) groups is 2. The number of hydrogen-bond donors (Lipinski definition) is 2. The highest BCUT2D eigenvalue weighted by Crippen LogP contribution is 2.22. The fourth-order valence-electron chi connectivity index (χ4n) is 1.70. The summed E-state index contributed by atoms with van der Waals surface area (Å²) in [6.45, 7) is 4.49. The average molecular weight is 316 g/mol. The van der Waals surface area contributed by atoms with E-state index in [1.54, 1.807) is 18.6 Å². The predicted molar refractivity (Wildman–Crippen MR) is 77.4 cm³/mol. The zero-order chi connectivity index (χ0) is 15.8. The number of carboxylic acids is 1. The first-order valence-corrected chi connectivity index (χ1v) is 7.54. The fourth-order valence-corrected chi connectivity index (χ4v) is 2.46. The summed E-state index contributed by atoms with van der Waals surface area (Å²) in [5.74, 6) is -0.597. The Morgan fingerprint density at radius 3 is 2.76 bits per heavy atom. The molecule has 1 aromatic heterocycles. The molecular weight excluding hydrogens is 296 g/mol. The van der Waals surface area contributed by atoms with E-state index in [4.69, 9.17) is 9.84 Å². The van der Waals surface area contributed by atoms with Gasteiger partial charge in [-0.3, -0.25) is 14.2 Å². The lowest BCUT2D eigenvalue weighted by atomic mass is 10.3. The first-order chi connectivity index (χ1) is 10.0.